The average molecular weight is 1020 g/mol. The number of hydrogen-bond acceptors (Lipinski definition) is 10. The molecule has 16 nitrogen and oxygen atoms in total. The third-order valence-corrected chi connectivity index (χ3v) is 21.3. The van der Waals surface area contributed by atoms with Crippen LogP contribution in [-0.4, -0.2) is 144 Å². The van der Waals surface area contributed by atoms with E-state index < -0.39 is 10.8 Å². The highest BCUT2D eigenvalue weighted by molar-refractivity contribution is 5.87. The van der Waals surface area contributed by atoms with E-state index in [1.165, 1.54) is 83.5 Å². The van der Waals surface area contributed by atoms with Gasteiger partial charge in [0.1, 0.15) is 0 Å². The molecule has 0 bridgehead atoms. The van der Waals surface area contributed by atoms with Crippen molar-refractivity contribution in [3.63, 3.8) is 0 Å². The van der Waals surface area contributed by atoms with Crippen LogP contribution in [0.1, 0.15) is 176 Å². The van der Waals surface area contributed by atoms with Gasteiger partial charge in [0.05, 0.1) is 18.1 Å². The second kappa shape index (κ2) is 22.3. The predicted octanol–water partition coefficient (Wildman–Crippen LogP) is 4.33. The Morgan fingerprint density at radius 1 is 0.411 bits per heavy atom. The zero-order valence-corrected chi connectivity index (χ0v) is 45.7. The lowest BCUT2D eigenvalue weighted by Gasteiger charge is -2.51. The lowest BCUT2D eigenvalue weighted by atomic mass is 9.58. The van der Waals surface area contributed by atoms with Crippen LogP contribution in [0, 0.1) is 51.8 Å². The standard InChI is InChI=1S/C57H96N10O6/c1-55(2)40(25-46(55)58)50(69)61-38-23-44(66(32-38)29-35-18-12-8-13-19-35)53(72)64-48-27-42(57(48,5)6)52(71)62-39-24-45(67(33-39)30-36-20-14-9-15-21-36)54(73)63-47-26-41(56(47,3)4)51(70)60-37-22-43(49(59)68)65(31-37)28-34-16-10-7-11-17-34/h34-48H,7-33,58H2,1-6H3,(H2,59,68)(H,60,70)(H,61,69)(H,62,71)(H,63,73)(H,64,72)/t37-,38-,39-,40+,41+,42+,43-,44-,45-,46+,47?,48+/m0/s1. The highest BCUT2D eigenvalue weighted by Crippen LogP contribution is 2.49. The van der Waals surface area contributed by atoms with E-state index >= 15 is 0 Å². The van der Waals surface area contributed by atoms with Crippen LogP contribution in [0.2, 0.25) is 0 Å². The van der Waals surface area contributed by atoms with Crippen molar-refractivity contribution >= 4 is 35.4 Å². The molecule has 410 valence electrons. The maximum Gasteiger partial charge on any atom is 0.237 e. The molecule has 16 heteroatoms. The van der Waals surface area contributed by atoms with Gasteiger partial charge in [-0.15, -0.1) is 0 Å². The van der Waals surface area contributed by atoms with Gasteiger partial charge in [-0.25, -0.2) is 0 Å². The summed E-state index contributed by atoms with van der Waals surface area (Å²) in [5.41, 5.74) is 11.0. The van der Waals surface area contributed by atoms with Crippen LogP contribution in [0.15, 0.2) is 0 Å². The average Bonchev–Trinajstić information content (AvgIpc) is 4.07. The Hall–Kier alpha value is -3.34. The largest absolute Gasteiger partial charge is 0.368 e. The lowest BCUT2D eigenvalue weighted by Crippen LogP contribution is -2.64. The molecule has 73 heavy (non-hydrogen) atoms. The topological polar surface area (TPSA) is 224 Å². The Morgan fingerprint density at radius 3 is 1.03 bits per heavy atom. The summed E-state index contributed by atoms with van der Waals surface area (Å²) in [4.78, 5) is 89.7. The number of primary amides is 1. The van der Waals surface area contributed by atoms with E-state index in [1.54, 1.807) is 0 Å². The number of nitrogens with zero attached hydrogens (tertiary/aromatic N) is 3. The Balaban J connectivity index is 0.774. The molecule has 6 amide bonds. The molecule has 0 aromatic heterocycles. The van der Waals surface area contributed by atoms with E-state index in [0.29, 0.717) is 75.9 Å². The lowest BCUT2D eigenvalue weighted by molar-refractivity contribution is -0.142. The summed E-state index contributed by atoms with van der Waals surface area (Å²) in [6.45, 7) is 16.9. The number of hydrogen-bond donors (Lipinski definition) is 7. The molecule has 3 aliphatic heterocycles. The first-order valence-electron chi connectivity index (χ1n) is 29.5. The van der Waals surface area contributed by atoms with Crippen LogP contribution in [0.25, 0.3) is 0 Å². The van der Waals surface area contributed by atoms with Crippen molar-refractivity contribution in [2.24, 2.45) is 63.2 Å². The number of carbonyl (C=O) groups is 6. The van der Waals surface area contributed by atoms with Crippen LogP contribution in [0.3, 0.4) is 0 Å². The van der Waals surface area contributed by atoms with Crippen molar-refractivity contribution in [1.82, 2.24) is 41.3 Å². The zero-order valence-electron chi connectivity index (χ0n) is 45.7. The maximum atomic E-state index is 14.4. The first-order valence-corrected chi connectivity index (χ1v) is 29.5. The molecule has 0 spiro atoms. The minimum Gasteiger partial charge on any atom is -0.368 e. The van der Waals surface area contributed by atoms with E-state index in [1.807, 2.05) is 0 Å². The summed E-state index contributed by atoms with van der Waals surface area (Å²) in [5.74, 6) is 0.627. The minimum atomic E-state index is -0.472. The Morgan fingerprint density at radius 2 is 0.726 bits per heavy atom. The van der Waals surface area contributed by atoms with Crippen molar-refractivity contribution in [3.8, 4) is 0 Å². The van der Waals surface area contributed by atoms with E-state index in [-0.39, 0.29) is 113 Å². The molecule has 0 radical (unpaired) electrons. The highest BCUT2D eigenvalue weighted by Gasteiger charge is 2.56. The molecule has 1 unspecified atom stereocenters. The van der Waals surface area contributed by atoms with E-state index in [0.717, 1.165) is 32.5 Å². The molecule has 3 saturated heterocycles. The molecule has 3 heterocycles. The summed E-state index contributed by atoms with van der Waals surface area (Å²) in [5, 5.41) is 16.8. The van der Waals surface area contributed by atoms with Gasteiger partial charge < -0.3 is 38.1 Å². The van der Waals surface area contributed by atoms with Crippen molar-refractivity contribution in [1.29, 1.82) is 0 Å². The first kappa shape index (κ1) is 54.4. The highest BCUT2D eigenvalue weighted by atomic mass is 16.2. The summed E-state index contributed by atoms with van der Waals surface area (Å²) in [6.07, 6.45) is 21.6. The molecule has 0 aromatic carbocycles. The van der Waals surface area contributed by atoms with E-state index in [4.69, 9.17) is 11.5 Å². The van der Waals surface area contributed by atoms with Crippen LogP contribution < -0.4 is 38.1 Å². The van der Waals surface area contributed by atoms with Crippen LogP contribution >= 0.6 is 0 Å². The van der Waals surface area contributed by atoms with Gasteiger partial charge in [0.15, 0.2) is 0 Å². The monoisotopic (exact) mass is 1020 g/mol. The molecule has 6 aliphatic carbocycles. The summed E-state index contributed by atoms with van der Waals surface area (Å²) in [6, 6.07) is -1.81. The second-order valence-electron chi connectivity index (χ2n) is 27.2. The van der Waals surface area contributed by atoms with Crippen molar-refractivity contribution in [2.45, 2.75) is 231 Å². The third-order valence-electron chi connectivity index (χ3n) is 21.3. The fourth-order valence-corrected chi connectivity index (χ4v) is 15.7. The van der Waals surface area contributed by atoms with Gasteiger partial charge in [-0.3, -0.25) is 43.5 Å². The molecular formula is C57H96N10O6. The molecule has 9 N–H and O–H groups in total. The van der Waals surface area contributed by atoms with Gasteiger partial charge in [0.25, 0.3) is 0 Å². The van der Waals surface area contributed by atoms with Gasteiger partial charge >= 0.3 is 0 Å². The molecule has 9 aliphatic rings. The number of likely N-dealkylation sites (tertiary alicyclic amines) is 3. The number of rotatable bonds is 17. The Bertz CT molecular complexity index is 2010. The normalized spacial score (nSPS) is 37.0. The van der Waals surface area contributed by atoms with Crippen molar-refractivity contribution < 1.29 is 28.8 Å². The van der Waals surface area contributed by atoms with Gasteiger partial charge in [-0.2, -0.15) is 0 Å². The quantitative estimate of drug-likeness (QED) is 0.109. The van der Waals surface area contributed by atoms with E-state index in [2.05, 4.69) is 82.8 Å². The predicted molar refractivity (Wildman–Crippen MR) is 282 cm³/mol. The van der Waals surface area contributed by atoms with Crippen molar-refractivity contribution in [2.75, 3.05) is 39.3 Å². The van der Waals surface area contributed by atoms with Crippen LogP contribution in [0.5, 0.6) is 0 Å². The van der Waals surface area contributed by atoms with Crippen LogP contribution in [-0.2, 0) is 28.8 Å². The fraction of sp³-hybridized carbons (Fsp3) is 0.895. The molecule has 6 saturated carbocycles. The number of nitrogens with two attached hydrogens (primary N) is 2. The molecule has 9 fully saturated rings. The zero-order chi connectivity index (χ0) is 52.0. The van der Waals surface area contributed by atoms with Gasteiger partial charge in [-0.05, 0) is 111 Å². The molecule has 12 atom stereocenters. The summed E-state index contributed by atoms with van der Waals surface area (Å²) < 4.78 is 0. The smallest absolute Gasteiger partial charge is 0.237 e. The summed E-state index contributed by atoms with van der Waals surface area (Å²) >= 11 is 0. The second-order valence-corrected chi connectivity index (χ2v) is 27.2. The minimum absolute atomic E-state index is 0.0105. The van der Waals surface area contributed by atoms with Crippen molar-refractivity contribution in [3.05, 3.63) is 0 Å². The van der Waals surface area contributed by atoms with Gasteiger partial charge in [0, 0.05) is 93.3 Å². The maximum absolute atomic E-state index is 14.4. The molecular weight excluding hydrogens is 921 g/mol. The van der Waals surface area contributed by atoms with Gasteiger partial charge in [-0.1, -0.05) is 99.3 Å². The van der Waals surface area contributed by atoms with Gasteiger partial charge in [0.2, 0.25) is 35.4 Å². The SMILES string of the molecule is CC1(C)C(NC(=O)[C@@H]2C[C@H](NC(=O)[C@H]3C[C@@H](NC(=O)[C@@H]4C[C@H](NC(=O)[C@H]5C[C@@H](N)C5(C)C)CN4CC4CCCCC4)C3(C)C)CN2CC2CCCCC2)C[C@@H]1C(=O)N[C@H]1C[C@@H](C(N)=O)N(CC2CCCCC2)C1. The Kier molecular flexibility index (Phi) is 16.7. The number of carbonyl (C=O) groups excluding carboxylic acids is 6. The van der Waals surface area contributed by atoms with Crippen LogP contribution in [0.4, 0.5) is 0 Å². The third kappa shape index (κ3) is 11.8. The molecule has 0 aromatic rings. The summed E-state index contributed by atoms with van der Waals surface area (Å²) in [7, 11) is 0. The Labute approximate surface area is 437 Å². The fourth-order valence-electron chi connectivity index (χ4n) is 15.7. The number of nitrogens with one attached hydrogen (secondary N) is 5. The molecule has 9 rings (SSSR count). The van der Waals surface area contributed by atoms with E-state index in [9.17, 15) is 28.8 Å². The number of amides is 6. The first-order chi connectivity index (χ1) is 34.7.